The van der Waals surface area contributed by atoms with Crippen LogP contribution >= 0.6 is 0 Å². The quantitative estimate of drug-likeness (QED) is 0.770. The van der Waals surface area contributed by atoms with Crippen LogP contribution in [0.1, 0.15) is 61.4 Å². The summed E-state index contributed by atoms with van der Waals surface area (Å²) in [4.78, 5) is 25.5. The van der Waals surface area contributed by atoms with E-state index in [1.54, 1.807) is 24.3 Å². The molecule has 1 saturated heterocycles. The SMILES string of the molecule is CC1(O)CCCCC1C1CCCN1C(=O)NCc1ccc(C(=O)O)cc1. The molecule has 0 spiro atoms. The minimum absolute atomic E-state index is 0.0969. The van der Waals surface area contributed by atoms with Crippen molar-refractivity contribution in [1.82, 2.24) is 10.2 Å². The molecule has 0 radical (unpaired) electrons. The highest BCUT2D eigenvalue weighted by atomic mass is 16.4. The predicted octanol–water partition coefficient (Wildman–Crippen LogP) is 3.00. The number of carboxylic acid groups (broad SMARTS) is 1. The number of aliphatic hydroxyl groups is 1. The molecule has 3 N–H and O–H groups in total. The van der Waals surface area contributed by atoms with Gasteiger partial charge in [0.15, 0.2) is 0 Å². The van der Waals surface area contributed by atoms with Crippen LogP contribution in [0.25, 0.3) is 0 Å². The average molecular weight is 360 g/mol. The fraction of sp³-hybridized carbons (Fsp3) is 0.600. The first-order chi connectivity index (χ1) is 12.4. The number of carbonyl (C=O) groups is 2. The van der Waals surface area contributed by atoms with Crippen LogP contribution in [0.3, 0.4) is 0 Å². The average Bonchev–Trinajstić information content (AvgIpc) is 3.09. The number of amides is 2. The molecule has 3 unspecified atom stereocenters. The van der Waals surface area contributed by atoms with Crippen LogP contribution in [0.5, 0.6) is 0 Å². The summed E-state index contributed by atoms with van der Waals surface area (Å²) in [5.74, 6) is -0.820. The number of nitrogens with zero attached hydrogens (tertiary/aromatic N) is 1. The Bertz CT molecular complexity index is 656. The van der Waals surface area contributed by atoms with E-state index in [1.165, 1.54) is 0 Å². The first-order valence-electron chi connectivity index (χ1n) is 9.47. The van der Waals surface area contributed by atoms with Gasteiger partial charge in [-0.1, -0.05) is 25.0 Å². The maximum atomic E-state index is 12.7. The number of aromatic carboxylic acids is 1. The number of likely N-dealkylation sites (tertiary alicyclic amines) is 1. The Morgan fingerprint density at radius 3 is 2.58 bits per heavy atom. The van der Waals surface area contributed by atoms with Crippen molar-refractivity contribution >= 4 is 12.0 Å². The predicted molar refractivity (Wildman–Crippen MR) is 97.9 cm³/mol. The van der Waals surface area contributed by atoms with E-state index in [-0.39, 0.29) is 23.6 Å². The zero-order valence-electron chi connectivity index (χ0n) is 15.3. The van der Waals surface area contributed by atoms with Crippen LogP contribution in [0.15, 0.2) is 24.3 Å². The van der Waals surface area contributed by atoms with Gasteiger partial charge in [-0.25, -0.2) is 9.59 Å². The summed E-state index contributed by atoms with van der Waals surface area (Å²) in [5, 5.41) is 22.6. The Labute approximate surface area is 154 Å². The van der Waals surface area contributed by atoms with Gasteiger partial charge in [-0.3, -0.25) is 0 Å². The Kier molecular flexibility index (Phi) is 5.51. The number of hydrogen-bond acceptors (Lipinski definition) is 3. The molecule has 1 aliphatic heterocycles. The molecule has 1 heterocycles. The van der Waals surface area contributed by atoms with Crippen LogP contribution in [-0.2, 0) is 6.54 Å². The maximum Gasteiger partial charge on any atom is 0.335 e. The third-order valence-corrected chi connectivity index (χ3v) is 5.92. The van der Waals surface area contributed by atoms with Gasteiger partial charge in [-0.05, 0) is 50.3 Å². The van der Waals surface area contributed by atoms with Crippen molar-refractivity contribution in [3.63, 3.8) is 0 Å². The van der Waals surface area contributed by atoms with Crippen molar-refractivity contribution in [3.8, 4) is 0 Å². The van der Waals surface area contributed by atoms with Gasteiger partial charge in [0.2, 0.25) is 0 Å². The molecule has 0 bridgehead atoms. The lowest BCUT2D eigenvalue weighted by Crippen LogP contribution is -2.52. The minimum Gasteiger partial charge on any atom is -0.478 e. The van der Waals surface area contributed by atoms with Crippen molar-refractivity contribution in [2.75, 3.05) is 6.54 Å². The highest BCUT2D eigenvalue weighted by Gasteiger charge is 2.44. The molecule has 142 valence electrons. The summed E-state index contributed by atoms with van der Waals surface area (Å²) in [6.45, 7) is 3.00. The highest BCUT2D eigenvalue weighted by Crippen LogP contribution is 2.40. The van der Waals surface area contributed by atoms with Gasteiger partial charge in [0.25, 0.3) is 0 Å². The third-order valence-electron chi connectivity index (χ3n) is 5.92. The van der Waals surface area contributed by atoms with Crippen molar-refractivity contribution in [2.24, 2.45) is 5.92 Å². The van der Waals surface area contributed by atoms with Gasteiger partial charge in [0, 0.05) is 25.0 Å². The smallest absolute Gasteiger partial charge is 0.335 e. The second-order valence-corrected chi connectivity index (χ2v) is 7.77. The summed E-state index contributed by atoms with van der Waals surface area (Å²) >= 11 is 0. The van der Waals surface area contributed by atoms with Crippen molar-refractivity contribution in [2.45, 2.75) is 63.6 Å². The molecular formula is C20H28N2O4. The number of urea groups is 1. The summed E-state index contributed by atoms with van der Waals surface area (Å²) in [6.07, 6.45) is 5.86. The molecule has 2 fully saturated rings. The molecule has 6 heteroatoms. The van der Waals surface area contributed by atoms with E-state index >= 15 is 0 Å². The Morgan fingerprint density at radius 1 is 1.19 bits per heavy atom. The van der Waals surface area contributed by atoms with Gasteiger partial charge in [0.05, 0.1) is 11.2 Å². The molecule has 1 aliphatic carbocycles. The number of benzene rings is 1. The van der Waals surface area contributed by atoms with E-state index < -0.39 is 11.6 Å². The lowest BCUT2D eigenvalue weighted by atomic mass is 9.72. The fourth-order valence-corrected chi connectivity index (χ4v) is 4.46. The van der Waals surface area contributed by atoms with Gasteiger partial charge in [-0.2, -0.15) is 0 Å². The Morgan fingerprint density at radius 2 is 1.92 bits per heavy atom. The number of carbonyl (C=O) groups excluding carboxylic acids is 1. The standard InChI is InChI=1S/C20H28N2O4/c1-20(26)11-3-2-5-16(20)17-6-4-12-22(17)19(25)21-13-14-7-9-15(10-8-14)18(23)24/h7-10,16-17,26H,2-6,11-13H2,1H3,(H,21,25)(H,23,24). The number of rotatable bonds is 4. The third kappa shape index (κ3) is 4.01. The molecule has 3 atom stereocenters. The molecule has 3 rings (SSSR count). The Balaban J connectivity index is 1.60. The van der Waals surface area contributed by atoms with Crippen molar-refractivity contribution in [1.29, 1.82) is 0 Å². The first-order valence-corrected chi connectivity index (χ1v) is 9.47. The zero-order valence-corrected chi connectivity index (χ0v) is 15.3. The minimum atomic E-state index is -0.958. The van der Waals surface area contributed by atoms with E-state index in [0.717, 1.165) is 50.6 Å². The van der Waals surface area contributed by atoms with Crippen LogP contribution in [0, 0.1) is 5.92 Å². The monoisotopic (exact) mass is 360 g/mol. The van der Waals surface area contributed by atoms with E-state index in [4.69, 9.17) is 5.11 Å². The lowest BCUT2D eigenvalue weighted by molar-refractivity contribution is -0.0563. The second-order valence-electron chi connectivity index (χ2n) is 7.77. The van der Waals surface area contributed by atoms with E-state index in [2.05, 4.69) is 5.32 Å². The molecule has 26 heavy (non-hydrogen) atoms. The second kappa shape index (κ2) is 7.66. The molecule has 1 aromatic carbocycles. The number of carboxylic acids is 1. The summed E-state index contributed by atoms with van der Waals surface area (Å²) in [7, 11) is 0. The maximum absolute atomic E-state index is 12.7. The van der Waals surface area contributed by atoms with E-state index in [1.807, 2.05) is 11.8 Å². The molecule has 2 amide bonds. The largest absolute Gasteiger partial charge is 0.478 e. The van der Waals surface area contributed by atoms with Gasteiger partial charge >= 0.3 is 12.0 Å². The topological polar surface area (TPSA) is 89.9 Å². The van der Waals surface area contributed by atoms with Crippen LogP contribution in [-0.4, -0.2) is 45.3 Å². The van der Waals surface area contributed by atoms with Crippen molar-refractivity contribution < 1.29 is 19.8 Å². The molecule has 2 aliphatic rings. The molecule has 0 aromatic heterocycles. The highest BCUT2D eigenvalue weighted by molar-refractivity contribution is 5.87. The van der Waals surface area contributed by atoms with E-state index in [9.17, 15) is 14.7 Å². The van der Waals surface area contributed by atoms with Gasteiger partial charge in [0.1, 0.15) is 0 Å². The van der Waals surface area contributed by atoms with Gasteiger partial charge in [-0.15, -0.1) is 0 Å². The molecule has 6 nitrogen and oxygen atoms in total. The van der Waals surface area contributed by atoms with Crippen LogP contribution in [0.4, 0.5) is 4.79 Å². The zero-order chi connectivity index (χ0) is 18.7. The molecule has 1 saturated carbocycles. The summed E-state index contributed by atoms with van der Waals surface area (Å²) < 4.78 is 0. The molecule has 1 aromatic rings. The lowest BCUT2D eigenvalue weighted by Gasteiger charge is -2.43. The van der Waals surface area contributed by atoms with Crippen LogP contribution in [0.2, 0.25) is 0 Å². The number of hydrogen-bond donors (Lipinski definition) is 3. The van der Waals surface area contributed by atoms with Gasteiger partial charge < -0.3 is 20.4 Å². The first kappa shape index (κ1) is 18.7. The summed E-state index contributed by atoms with van der Waals surface area (Å²) in [5.41, 5.74) is 0.404. The van der Waals surface area contributed by atoms with Crippen molar-refractivity contribution in [3.05, 3.63) is 35.4 Å². The van der Waals surface area contributed by atoms with Crippen LogP contribution < -0.4 is 5.32 Å². The van der Waals surface area contributed by atoms with E-state index in [0.29, 0.717) is 6.54 Å². The Hall–Kier alpha value is -2.08. The normalized spacial score (nSPS) is 28.8. The summed E-state index contributed by atoms with van der Waals surface area (Å²) in [6, 6.07) is 6.52. The molecular weight excluding hydrogens is 332 g/mol. The fourth-order valence-electron chi connectivity index (χ4n) is 4.46. The number of nitrogens with one attached hydrogen (secondary N) is 1.